The molecule has 1 aliphatic heterocycles. The Bertz CT molecular complexity index is 486. The number of ether oxygens (including phenoxy) is 1. The minimum absolute atomic E-state index is 1.05. The Morgan fingerprint density at radius 3 is 2.92 bits per heavy atom. The topological polar surface area (TPSA) is 12.5 Å². The average molecular weight is 170 g/mol. The molecule has 0 radical (unpaired) electrons. The SMILES string of the molecule is CCc1c2c(cc3ccccc13)O2. The van der Waals surface area contributed by atoms with Crippen molar-refractivity contribution in [1.82, 2.24) is 0 Å². The number of hydrogen-bond donors (Lipinski definition) is 0. The van der Waals surface area contributed by atoms with Crippen molar-refractivity contribution in [1.29, 1.82) is 0 Å². The maximum absolute atomic E-state index is 5.40. The molecule has 13 heavy (non-hydrogen) atoms. The normalized spacial score (nSPS) is 12.4. The third kappa shape index (κ3) is 0.872. The first-order valence-electron chi connectivity index (χ1n) is 4.62. The van der Waals surface area contributed by atoms with Gasteiger partial charge in [-0.1, -0.05) is 31.2 Å². The molecule has 0 atom stereocenters. The van der Waals surface area contributed by atoms with Crippen LogP contribution in [0.2, 0.25) is 0 Å². The van der Waals surface area contributed by atoms with Crippen molar-refractivity contribution in [2.45, 2.75) is 13.3 Å². The summed E-state index contributed by atoms with van der Waals surface area (Å²) in [4.78, 5) is 0. The molecule has 0 unspecified atom stereocenters. The van der Waals surface area contributed by atoms with Gasteiger partial charge in [0.25, 0.3) is 0 Å². The van der Waals surface area contributed by atoms with E-state index in [1.807, 2.05) is 0 Å². The Hall–Kier alpha value is -1.50. The highest BCUT2D eigenvalue weighted by molar-refractivity contribution is 5.92. The molecule has 1 nitrogen and oxygen atoms in total. The molecule has 64 valence electrons. The second-order valence-corrected chi connectivity index (χ2v) is 3.36. The molecule has 2 aromatic rings. The first-order chi connectivity index (χ1) is 6.40. The first kappa shape index (κ1) is 6.96. The average Bonchev–Trinajstić information content (AvgIpc) is 2.92. The highest BCUT2D eigenvalue weighted by atomic mass is 16.6. The second kappa shape index (κ2) is 2.25. The monoisotopic (exact) mass is 170 g/mol. The smallest absolute Gasteiger partial charge is 0.173 e. The van der Waals surface area contributed by atoms with E-state index in [1.54, 1.807) is 0 Å². The summed E-state index contributed by atoms with van der Waals surface area (Å²) < 4.78 is 5.40. The Morgan fingerprint density at radius 1 is 1.23 bits per heavy atom. The Balaban J connectivity index is 2.45. The van der Waals surface area contributed by atoms with E-state index < -0.39 is 0 Å². The van der Waals surface area contributed by atoms with E-state index in [4.69, 9.17) is 4.74 Å². The van der Waals surface area contributed by atoms with Gasteiger partial charge in [0.05, 0.1) is 0 Å². The first-order valence-corrected chi connectivity index (χ1v) is 4.62. The van der Waals surface area contributed by atoms with E-state index in [9.17, 15) is 0 Å². The van der Waals surface area contributed by atoms with Crippen molar-refractivity contribution < 1.29 is 4.74 Å². The van der Waals surface area contributed by atoms with Gasteiger partial charge in [0.1, 0.15) is 0 Å². The fraction of sp³-hybridized carbons (Fsp3) is 0.167. The van der Waals surface area contributed by atoms with Gasteiger partial charge in [-0.2, -0.15) is 0 Å². The van der Waals surface area contributed by atoms with Crippen molar-refractivity contribution in [3.05, 3.63) is 35.9 Å². The van der Waals surface area contributed by atoms with E-state index in [2.05, 4.69) is 37.3 Å². The molecule has 3 rings (SSSR count). The van der Waals surface area contributed by atoms with Crippen molar-refractivity contribution in [2.75, 3.05) is 0 Å². The van der Waals surface area contributed by atoms with Gasteiger partial charge in [-0.25, -0.2) is 0 Å². The van der Waals surface area contributed by atoms with Crippen LogP contribution in [-0.4, -0.2) is 0 Å². The third-order valence-corrected chi connectivity index (χ3v) is 2.59. The zero-order chi connectivity index (χ0) is 8.84. The van der Waals surface area contributed by atoms with Gasteiger partial charge >= 0.3 is 0 Å². The zero-order valence-corrected chi connectivity index (χ0v) is 7.50. The largest absolute Gasteiger partial charge is 0.449 e. The van der Waals surface area contributed by atoms with Gasteiger partial charge in [0.15, 0.2) is 11.5 Å². The van der Waals surface area contributed by atoms with Gasteiger partial charge in [0.2, 0.25) is 0 Å². The van der Waals surface area contributed by atoms with E-state index in [0.29, 0.717) is 0 Å². The molecule has 1 heterocycles. The van der Waals surface area contributed by atoms with Crippen LogP contribution in [0.3, 0.4) is 0 Å². The van der Waals surface area contributed by atoms with Gasteiger partial charge in [-0.3, -0.25) is 0 Å². The molecular weight excluding hydrogens is 160 g/mol. The van der Waals surface area contributed by atoms with E-state index in [0.717, 1.165) is 17.9 Å². The lowest BCUT2D eigenvalue weighted by molar-refractivity contribution is 0.645. The van der Waals surface area contributed by atoms with Crippen LogP contribution in [-0.2, 0) is 6.42 Å². The molecule has 0 spiro atoms. The summed E-state index contributed by atoms with van der Waals surface area (Å²) in [5, 5.41) is 2.62. The Kier molecular flexibility index (Phi) is 1.21. The molecule has 0 amide bonds. The summed E-state index contributed by atoms with van der Waals surface area (Å²) in [6, 6.07) is 10.6. The molecule has 0 N–H and O–H groups in total. The summed E-state index contributed by atoms with van der Waals surface area (Å²) in [5.74, 6) is 2.18. The summed E-state index contributed by atoms with van der Waals surface area (Å²) in [6.45, 7) is 2.17. The molecule has 0 saturated carbocycles. The molecule has 0 saturated heterocycles. The minimum Gasteiger partial charge on any atom is -0.449 e. The third-order valence-electron chi connectivity index (χ3n) is 2.59. The maximum atomic E-state index is 5.40. The number of aryl methyl sites for hydroxylation is 1. The van der Waals surface area contributed by atoms with Crippen LogP contribution in [0.4, 0.5) is 0 Å². The van der Waals surface area contributed by atoms with Gasteiger partial charge < -0.3 is 4.74 Å². The fourth-order valence-electron chi connectivity index (χ4n) is 1.90. The molecule has 1 aliphatic rings. The molecule has 0 aliphatic carbocycles. The molecule has 0 aromatic heterocycles. The van der Waals surface area contributed by atoms with Crippen LogP contribution < -0.4 is 4.74 Å². The molecule has 0 fully saturated rings. The Morgan fingerprint density at radius 2 is 2.08 bits per heavy atom. The molecule has 0 bridgehead atoms. The number of fused-ring (bicyclic) bond motifs is 2. The highest BCUT2D eigenvalue weighted by Crippen LogP contribution is 2.51. The van der Waals surface area contributed by atoms with Crippen LogP contribution in [0.1, 0.15) is 12.5 Å². The van der Waals surface area contributed by atoms with E-state index in [-0.39, 0.29) is 0 Å². The number of rotatable bonds is 1. The highest BCUT2D eigenvalue weighted by Gasteiger charge is 2.25. The van der Waals surface area contributed by atoms with Crippen LogP contribution >= 0.6 is 0 Å². The van der Waals surface area contributed by atoms with Crippen LogP contribution in [0.5, 0.6) is 11.5 Å². The maximum Gasteiger partial charge on any atom is 0.173 e. The lowest BCUT2D eigenvalue weighted by atomic mass is 10.0. The van der Waals surface area contributed by atoms with E-state index in [1.165, 1.54) is 16.3 Å². The number of benzene rings is 2. The Labute approximate surface area is 77.0 Å². The van der Waals surface area contributed by atoms with Gasteiger partial charge in [-0.15, -0.1) is 0 Å². The summed E-state index contributed by atoms with van der Waals surface area (Å²) in [7, 11) is 0. The minimum atomic E-state index is 1.05. The van der Waals surface area contributed by atoms with Crippen LogP contribution in [0, 0.1) is 0 Å². The quantitative estimate of drug-likeness (QED) is 0.509. The molecule has 2 aromatic carbocycles. The number of hydrogen-bond acceptors (Lipinski definition) is 1. The standard InChI is InChI=1S/C12H10O/c1-2-9-10-6-4-3-5-8(10)7-11-12(9)13-11/h3-7H,2H2,1H3. The van der Waals surface area contributed by atoms with Crippen molar-refractivity contribution in [3.63, 3.8) is 0 Å². The predicted molar refractivity (Wildman–Crippen MR) is 53.4 cm³/mol. The van der Waals surface area contributed by atoms with Crippen molar-refractivity contribution >= 4 is 10.8 Å². The zero-order valence-electron chi connectivity index (χ0n) is 7.50. The lowest BCUT2D eigenvalue weighted by Gasteiger charge is -1.98. The van der Waals surface area contributed by atoms with Crippen LogP contribution in [0.15, 0.2) is 30.3 Å². The summed E-state index contributed by atoms with van der Waals surface area (Å²) in [5.41, 5.74) is 1.35. The lowest BCUT2D eigenvalue weighted by Crippen LogP contribution is -1.78. The van der Waals surface area contributed by atoms with Gasteiger partial charge in [0, 0.05) is 5.56 Å². The van der Waals surface area contributed by atoms with Crippen LogP contribution in [0.25, 0.3) is 10.8 Å². The second-order valence-electron chi connectivity index (χ2n) is 3.36. The summed E-state index contributed by atoms with van der Waals surface area (Å²) in [6.07, 6.45) is 1.05. The van der Waals surface area contributed by atoms with E-state index >= 15 is 0 Å². The predicted octanol–water partition coefficient (Wildman–Crippen LogP) is 3.51. The molecule has 1 heteroatoms. The van der Waals surface area contributed by atoms with Crippen molar-refractivity contribution in [2.24, 2.45) is 0 Å². The molecular formula is C12H10O. The van der Waals surface area contributed by atoms with Gasteiger partial charge in [-0.05, 0) is 23.3 Å². The van der Waals surface area contributed by atoms with Crippen molar-refractivity contribution in [3.8, 4) is 11.5 Å². The fourth-order valence-corrected chi connectivity index (χ4v) is 1.90. The summed E-state index contributed by atoms with van der Waals surface area (Å²) >= 11 is 0.